The summed E-state index contributed by atoms with van der Waals surface area (Å²) < 4.78 is 8.99. The molecule has 8 atom stereocenters. The van der Waals surface area contributed by atoms with E-state index in [9.17, 15) is 0 Å². The van der Waals surface area contributed by atoms with Gasteiger partial charge in [-0.05, 0) is 182 Å². The Labute approximate surface area is 449 Å². The lowest BCUT2D eigenvalue weighted by atomic mass is 9.44. The van der Waals surface area contributed by atoms with Gasteiger partial charge in [0.1, 0.15) is 11.2 Å². The maximum atomic E-state index is 6.62. The Kier molecular flexibility index (Phi) is 11.9. The van der Waals surface area contributed by atoms with Gasteiger partial charge in [-0.2, -0.15) is 0 Å². The molecule has 0 N–H and O–H groups in total. The van der Waals surface area contributed by atoms with Gasteiger partial charge in [0.25, 0.3) is 0 Å². The molecule has 382 valence electrons. The smallest absolute Gasteiger partial charge is 0.164 e. The molecule has 0 bridgehead atoms. The molecule has 0 aliphatic heterocycles. The van der Waals surface area contributed by atoms with E-state index in [1.165, 1.54) is 111 Å². The molecule has 7 aromatic carbocycles. The summed E-state index contributed by atoms with van der Waals surface area (Å²) in [5.74, 6) is 8.01. The van der Waals surface area contributed by atoms with Crippen molar-refractivity contribution in [2.45, 2.75) is 117 Å². The average Bonchev–Trinajstić information content (AvgIpc) is 4.19. The third-order valence-corrected chi connectivity index (χ3v) is 20.5. The number of hydrogen-bond donors (Lipinski definition) is 0. The quantitative estimate of drug-likeness (QED) is 0.121. The monoisotopic (exact) mass is 997 g/mol. The molecule has 0 radical (unpaired) electrons. The van der Waals surface area contributed by atoms with Crippen LogP contribution in [0.1, 0.15) is 123 Å². The van der Waals surface area contributed by atoms with Crippen molar-refractivity contribution in [3.05, 3.63) is 169 Å². The number of fused-ring (bicyclic) bond motifs is 11. The van der Waals surface area contributed by atoms with Gasteiger partial charge in [0.15, 0.2) is 17.5 Å². The number of nitrogens with zero attached hydrogens (tertiary/aromatic N) is 4. The fourth-order valence-electron chi connectivity index (χ4n) is 16.5. The van der Waals surface area contributed by atoms with Gasteiger partial charge in [0.2, 0.25) is 0 Å². The van der Waals surface area contributed by atoms with E-state index in [1.54, 1.807) is 0 Å². The molecule has 0 amide bonds. The van der Waals surface area contributed by atoms with Gasteiger partial charge in [-0.1, -0.05) is 162 Å². The first-order valence-electron chi connectivity index (χ1n) is 29.2. The van der Waals surface area contributed by atoms with Crippen molar-refractivity contribution in [1.82, 2.24) is 19.5 Å². The summed E-state index contributed by atoms with van der Waals surface area (Å²) in [7, 11) is 0. The topological polar surface area (TPSA) is 56.7 Å². The zero-order valence-corrected chi connectivity index (χ0v) is 45.0. The standard InChI is InChI=1S/C71H72N4O/c1-45(2)16-11-12-19-52-33-35-60-56-34-32-53-42-51(38-40-71(53,4)61(56)39-41-70(52,60)3)46-26-28-48(29-27-46)68-72-67(47-17-7-5-8-18-47)73-69(74-68)57-23-15-25-65-66(57)59-44-50(31-37-64(59)76-65)49-30-36-63-58(43-49)55-22-13-14-24-62(55)75(63)54-20-9-6-10-21-54/h5-10,13-15,17-18,20-31,36-37,43-45,51-53,56,60-61H,11-12,16,19,32-35,38-42H2,1-4H3/t51?,52-,53-,56-,60-,61-,70+,71-/m0/s1. The maximum absolute atomic E-state index is 6.62. The predicted molar refractivity (Wildman–Crippen MR) is 314 cm³/mol. The molecule has 4 aliphatic rings. The van der Waals surface area contributed by atoms with Crippen molar-refractivity contribution in [3.63, 3.8) is 0 Å². The van der Waals surface area contributed by atoms with E-state index >= 15 is 0 Å². The van der Waals surface area contributed by atoms with Crippen LogP contribution in [0.15, 0.2) is 168 Å². The first-order valence-corrected chi connectivity index (χ1v) is 29.2. The van der Waals surface area contributed by atoms with Gasteiger partial charge in [-0.3, -0.25) is 0 Å². The summed E-state index contributed by atoms with van der Waals surface area (Å²) >= 11 is 0. The van der Waals surface area contributed by atoms with Crippen molar-refractivity contribution >= 4 is 43.7 Å². The number of unbranched alkanes of at least 4 members (excludes halogenated alkanes) is 1. The van der Waals surface area contributed by atoms with E-state index in [1.807, 2.05) is 6.07 Å². The van der Waals surface area contributed by atoms with E-state index in [2.05, 4.69) is 190 Å². The average molecular weight is 997 g/mol. The van der Waals surface area contributed by atoms with Crippen LogP contribution in [0.4, 0.5) is 0 Å². The Hall–Kier alpha value is -6.85. The summed E-state index contributed by atoms with van der Waals surface area (Å²) in [6.45, 7) is 10.3. The third-order valence-electron chi connectivity index (χ3n) is 20.5. The third kappa shape index (κ3) is 8.04. The molecule has 14 rings (SSSR count). The molecule has 4 fully saturated rings. The summed E-state index contributed by atoms with van der Waals surface area (Å²) in [6, 6.07) is 58.8. The number of hydrogen-bond acceptors (Lipinski definition) is 4. The zero-order valence-electron chi connectivity index (χ0n) is 45.0. The second-order valence-corrected chi connectivity index (χ2v) is 24.8. The van der Waals surface area contributed by atoms with Crippen molar-refractivity contribution in [3.8, 4) is 51.0 Å². The Balaban J connectivity index is 0.753. The second-order valence-electron chi connectivity index (χ2n) is 24.8. The van der Waals surface area contributed by atoms with Crippen LogP contribution < -0.4 is 0 Å². The van der Waals surface area contributed by atoms with Crippen molar-refractivity contribution in [1.29, 1.82) is 0 Å². The normalized spacial score (nSPS) is 25.3. The largest absolute Gasteiger partial charge is 0.456 e. The molecule has 76 heavy (non-hydrogen) atoms. The number of aromatic nitrogens is 4. The fourth-order valence-corrected chi connectivity index (χ4v) is 16.5. The van der Waals surface area contributed by atoms with E-state index in [-0.39, 0.29) is 0 Å². The number of furan rings is 1. The molecule has 0 saturated heterocycles. The van der Waals surface area contributed by atoms with Crippen LogP contribution in [0.5, 0.6) is 0 Å². The maximum Gasteiger partial charge on any atom is 0.164 e. The summed E-state index contributed by atoms with van der Waals surface area (Å²) in [4.78, 5) is 15.8. The number of rotatable bonds is 11. The van der Waals surface area contributed by atoms with Crippen LogP contribution >= 0.6 is 0 Å². The molecule has 5 nitrogen and oxygen atoms in total. The summed E-state index contributed by atoms with van der Waals surface area (Å²) in [5.41, 5.74) is 12.9. The van der Waals surface area contributed by atoms with Gasteiger partial charge in [-0.15, -0.1) is 0 Å². The van der Waals surface area contributed by atoms with E-state index < -0.39 is 0 Å². The van der Waals surface area contributed by atoms with E-state index in [0.29, 0.717) is 34.2 Å². The van der Waals surface area contributed by atoms with Crippen molar-refractivity contribution in [2.75, 3.05) is 0 Å². The first kappa shape index (κ1) is 47.6. The highest BCUT2D eigenvalue weighted by Gasteiger charge is 2.60. The second kappa shape index (κ2) is 19.0. The van der Waals surface area contributed by atoms with Gasteiger partial charge >= 0.3 is 0 Å². The summed E-state index contributed by atoms with van der Waals surface area (Å²) in [5, 5.41) is 4.51. The van der Waals surface area contributed by atoms with Crippen LogP contribution in [-0.4, -0.2) is 19.5 Å². The minimum absolute atomic E-state index is 0.482. The molecule has 3 aromatic heterocycles. The fraction of sp³-hybridized carbons (Fsp3) is 0.366. The van der Waals surface area contributed by atoms with Gasteiger partial charge < -0.3 is 8.98 Å². The first-order chi connectivity index (χ1) is 37.2. The molecule has 3 heterocycles. The molecule has 0 spiro atoms. The predicted octanol–water partition coefficient (Wildman–Crippen LogP) is 19.5. The van der Waals surface area contributed by atoms with Crippen LogP contribution in [0.3, 0.4) is 0 Å². The molecular formula is C71H72N4O. The Morgan fingerprint density at radius 2 is 1.21 bits per heavy atom. The minimum Gasteiger partial charge on any atom is -0.456 e. The van der Waals surface area contributed by atoms with E-state index in [0.717, 1.165) is 91.0 Å². The van der Waals surface area contributed by atoms with Gasteiger partial charge in [0, 0.05) is 43.9 Å². The highest BCUT2D eigenvalue weighted by Crippen LogP contribution is 2.69. The SMILES string of the molecule is CC(C)CCCC[C@H]1CC[C@H]2[C@@H]3CC[C@H]4CC(c5ccc(-c6nc(-c7ccccc7)nc(-c7cccc8oc9ccc(-c%10ccc%11c(c%10)c%10ccccc%10n%11-c%10ccccc%10)cc9c78)n6)cc5)CC[C@]4(C)[C@H]3CC[C@]12C. The molecule has 10 aromatic rings. The number of para-hydroxylation sites is 2. The summed E-state index contributed by atoms with van der Waals surface area (Å²) in [6.07, 6.45) is 18.5. The van der Waals surface area contributed by atoms with Crippen LogP contribution in [0.25, 0.3) is 94.7 Å². The van der Waals surface area contributed by atoms with Crippen LogP contribution in [0.2, 0.25) is 0 Å². The molecule has 4 aliphatic carbocycles. The van der Waals surface area contributed by atoms with Crippen molar-refractivity contribution in [2.24, 2.45) is 46.3 Å². The van der Waals surface area contributed by atoms with Gasteiger partial charge in [-0.25, -0.2) is 15.0 Å². The highest BCUT2D eigenvalue weighted by molar-refractivity contribution is 6.14. The highest BCUT2D eigenvalue weighted by atomic mass is 16.3. The molecule has 5 heteroatoms. The number of benzene rings is 7. The van der Waals surface area contributed by atoms with Crippen LogP contribution in [-0.2, 0) is 0 Å². The minimum atomic E-state index is 0.482. The molecule has 1 unspecified atom stereocenters. The molecular weight excluding hydrogens is 925 g/mol. The Morgan fingerprint density at radius 1 is 0.539 bits per heavy atom. The van der Waals surface area contributed by atoms with E-state index in [4.69, 9.17) is 19.4 Å². The van der Waals surface area contributed by atoms with Gasteiger partial charge in [0.05, 0.1) is 11.0 Å². The van der Waals surface area contributed by atoms with Crippen LogP contribution in [0, 0.1) is 46.3 Å². The lowest BCUT2D eigenvalue weighted by Crippen LogP contribution is -2.53. The Bertz CT molecular complexity index is 3760. The molecule has 4 saturated carbocycles. The Morgan fingerprint density at radius 3 is 2.01 bits per heavy atom. The lowest BCUT2D eigenvalue weighted by molar-refractivity contribution is -0.114. The lowest BCUT2D eigenvalue weighted by Gasteiger charge is -2.61. The van der Waals surface area contributed by atoms with Crippen molar-refractivity contribution < 1.29 is 4.42 Å². The zero-order chi connectivity index (χ0) is 51.1.